The number of halogens is 2. The number of aliphatic carboxylic acids is 1. The van der Waals surface area contributed by atoms with Crippen LogP contribution < -0.4 is 16.8 Å². The Bertz CT molecular complexity index is 634. The summed E-state index contributed by atoms with van der Waals surface area (Å²) < 4.78 is 0. The van der Waals surface area contributed by atoms with Gasteiger partial charge in [-0.3, -0.25) is 19.4 Å². The maximum absolute atomic E-state index is 11.8. The van der Waals surface area contributed by atoms with E-state index in [4.69, 9.17) is 16.6 Å². The van der Waals surface area contributed by atoms with Crippen LogP contribution >= 0.6 is 31.9 Å². The zero-order chi connectivity index (χ0) is 21.7. The quantitative estimate of drug-likeness (QED) is 0.273. The second-order valence-corrected chi connectivity index (χ2v) is 7.56. The van der Waals surface area contributed by atoms with Gasteiger partial charge in [0, 0.05) is 29.2 Å². The highest BCUT2D eigenvalue weighted by Crippen LogP contribution is 2.16. The van der Waals surface area contributed by atoms with Crippen molar-refractivity contribution < 1.29 is 19.5 Å². The molecule has 0 aromatic carbocycles. The number of alkyl halides is 2. The number of carboxylic acid groups (broad SMARTS) is 1. The fourth-order valence-corrected chi connectivity index (χ4v) is 2.53. The van der Waals surface area contributed by atoms with Crippen LogP contribution in [0.3, 0.4) is 0 Å². The van der Waals surface area contributed by atoms with Gasteiger partial charge in [0.25, 0.3) is 0 Å². The van der Waals surface area contributed by atoms with Crippen LogP contribution in [-0.2, 0) is 25.0 Å². The van der Waals surface area contributed by atoms with E-state index in [0.717, 1.165) is 17.1 Å². The average molecular weight is 524 g/mol. The largest absolute Gasteiger partial charge is 0.480 e. The molecule has 0 bridgehead atoms. The molecule has 1 aromatic rings. The molecule has 28 heavy (non-hydrogen) atoms. The Morgan fingerprint density at radius 1 is 1.11 bits per heavy atom. The Morgan fingerprint density at radius 3 is 1.96 bits per heavy atom. The van der Waals surface area contributed by atoms with Crippen LogP contribution in [0, 0.1) is 5.92 Å². The second-order valence-electron chi connectivity index (χ2n) is 6.44. The second kappa shape index (κ2) is 14.5. The maximum Gasteiger partial charge on any atom is 0.320 e. The standard InChI is InChI=1S/C13H17Br2N3O2.C5H11NO2/c14-7-10-5-9(6-11(8-15)17-10)18-13(20)4-2-1-3-12(16)19;1-3(2)4(6)5(7)8/h5-6H,1-4,7-8H2,(H2,16,19)(H,17,18,20);3-4H,6H2,1-2H3,(H,7,8). The van der Waals surface area contributed by atoms with Gasteiger partial charge in [0.2, 0.25) is 11.8 Å². The molecule has 10 heteroatoms. The number of carboxylic acids is 1. The number of nitrogens with two attached hydrogens (primary N) is 2. The molecule has 1 heterocycles. The molecule has 1 unspecified atom stereocenters. The highest BCUT2D eigenvalue weighted by molar-refractivity contribution is 9.08. The topological polar surface area (TPSA) is 148 Å². The van der Waals surface area contributed by atoms with Crippen molar-refractivity contribution in [2.45, 2.75) is 56.2 Å². The van der Waals surface area contributed by atoms with Crippen LogP contribution in [0.25, 0.3) is 0 Å². The first-order valence-corrected chi connectivity index (χ1v) is 11.0. The molecule has 1 aromatic heterocycles. The fourth-order valence-electron chi connectivity index (χ4n) is 1.95. The van der Waals surface area contributed by atoms with Gasteiger partial charge >= 0.3 is 5.97 Å². The zero-order valence-corrected chi connectivity index (χ0v) is 19.3. The van der Waals surface area contributed by atoms with Crippen molar-refractivity contribution in [2.24, 2.45) is 17.4 Å². The molecule has 0 spiro atoms. The van der Waals surface area contributed by atoms with E-state index in [1.807, 2.05) is 12.1 Å². The van der Waals surface area contributed by atoms with Crippen LogP contribution in [0.4, 0.5) is 5.69 Å². The van der Waals surface area contributed by atoms with E-state index in [-0.39, 0.29) is 17.7 Å². The summed E-state index contributed by atoms with van der Waals surface area (Å²) >= 11 is 6.70. The lowest BCUT2D eigenvalue weighted by Gasteiger charge is -2.08. The van der Waals surface area contributed by atoms with Crippen molar-refractivity contribution in [3.63, 3.8) is 0 Å². The van der Waals surface area contributed by atoms with E-state index in [2.05, 4.69) is 42.2 Å². The first-order chi connectivity index (χ1) is 13.1. The Balaban J connectivity index is 0.000000769. The van der Waals surface area contributed by atoms with Gasteiger partial charge in [0.05, 0.1) is 11.4 Å². The number of amides is 2. The zero-order valence-electron chi connectivity index (χ0n) is 16.1. The van der Waals surface area contributed by atoms with E-state index in [1.165, 1.54) is 0 Å². The Morgan fingerprint density at radius 2 is 1.61 bits per heavy atom. The molecule has 0 aliphatic carbocycles. The number of carbonyl (C=O) groups is 3. The van der Waals surface area contributed by atoms with E-state index in [1.54, 1.807) is 13.8 Å². The van der Waals surface area contributed by atoms with Crippen molar-refractivity contribution in [1.29, 1.82) is 0 Å². The molecule has 1 atom stereocenters. The summed E-state index contributed by atoms with van der Waals surface area (Å²) in [5.74, 6) is -1.31. The summed E-state index contributed by atoms with van der Waals surface area (Å²) in [6, 6.07) is 2.96. The summed E-state index contributed by atoms with van der Waals surface area (Å²) in [5, 5.41) is 12.3. The SMILES string of the molecule is CC(C)C(N)C(=O)O.NC(=O)CCCCC(=O)Nc1cc(CBr)nc(CBr)c1. The highest BCUT2D eigenvalue weighted by atomic mass is 79.9. The third-order valence-corrected chi connectivity index (χ3v) is 4.72. The lowest BCUT2D eigenvalue weighted by atomic mass is 10.1. The van der Waals surface area contributed by atoms with Gasteiger partial charge in [-0.15, -0.1) is 0 Å². The Kier molecular flexibility index (Phi) is 13.7. The number of rotatable bonds is 10. The summed E-state index contributed by atoms with van der Waals surface area (Å²) in [5.41, 5.74) is 12.7. The van der Waals surface area contributed by atoms with Crippen LogP contribution in [0.5, 0.6) is 0 Å². The predicted molar refractivity (Wildman–Crippen MR) is 116 cm³/mol. The van der Waals surface area contributed by atoms with Gasteiger partial charge in [-0.2, -0.15) is 0 Å². The summed E-state index contributed by atoms with van der Waals surface area (Å²) in [4.78, 5) is 36.8. The number of anilines is 1. The van der Waals surface area contributed by atoms with Gasteiger partial charge < -0.3 is 21.9 Å². The van der Waals surface area contributed by atoms with Crippen molar-refractivity contribution in [2.75, 3.05) is 5.32 Å². The number of nitrogens with one attached hydrogen (secondary N) is 1. The van der Waals surface area contributed by atoms with E-state index in [9.17, 15) is 14.4 Å². The first-order valence-electron chi connectivity index (χ1n) is 8.79. The van der Waals surface area contributed by atoms with Crippen molar-refractivity contribution >= 4 is 55.3 Å². The maximum atomic E-state index is 11.8. The van der Waals surface area contributed by atoms with Crippen LogP contribution in [0.2, 0.25) is 0 Å². The third-order valence-electron chi connectivity index (χ3n) is 3.57. The van der Waals surface area contributed by atoms with Gasteiger partial charge in [-0.1, -0.05) is 45.7 Å². The summed E-state index contributed by atoms with van der Waals surface area (Å²) in [6.07, 6.45) is 1.99. The van der Waals surface area contributed by atoms with Crippen molar-refractivity contribution in [3.05, 3.63) is 23.5 Å². The predicted octanol–water partition coefficient (Wildman–Crippen LogP) is 2.91. The Labute approximate surface area is 182 Å². The molecule has 8 nitrogen and oxygen atoms in total. The summed E-state index contributed by atoms with van der Waals surface area (Å²) in [7, 11) is 0. The van der Waals surface area contributed by atoms with E-state index >= 15 is 0 Å². The lowest BCUT2D eigenvalue weighted by Crippen LogP contribution is -2.34. The molecule has 6 N–H and O–H groups in total. The lowest BCUT2D eigenvalue weighted by molar-refractivity contribution is -0.139. The number of carbonyl (C=O) groups excluding carboxylic acids is 2. The molecule has 2 amide bonds. The highest BCUT2D eigenvalue weighted by Gasteiger charge is 2.14. The molecular formula is C18H28Br2N4O4. The number of pyridine rings is 1. The fraction of sp³-hybridized carbons (Fsp3) is 0.556. The van der Waals surface area contributed by atoms with Gasteiger partial charge in [-0.25, -0.2) is 0 Å². The minimum Gasteiger partial charge on any atom is -0.480 e. The number of hydrogen-bond acceptors (Lipinski definition) is 5. The first kappa shape index (κ1) is 26.5. The Hall–Kier alpha value is -1.52. The number of nitrogens with zero attached hydrogens (tertiary/aromatic N) is 1. The molecule has 1 rings (SSSR count). The van der Waals surface area contributed by atoms with Gasteiger partial charge in [-0.05, 0) is 30.9 Å². The molecule has 0 aliphatic heterocycles. The monoisotopic (exact) mass is 522 g/mol. The molecule has 0 aliphatic rings. The van der Waals surface area contributed by atoms with Crippen molar-refractivity contribution in [3.8, 4) is 0 Å². The smallest absolute Gasteiger partial charge is 0.320 e. The number of hydrogen-bond donors (Lipinski definition) is 4. The van der Waals surface area contributed by atoms with E-state index in [0.29, 0.717) is 36.3 Å². The van der Waals surface area contributed by atoms with Crippen LogP contribution in [-0.4, -0.2) is 33.9 Å². The minimum absolute atomic E-state index is 0.0208. The van der Waals surface area contributed by atoms with Crippen molar-refractivity contribution in [1.82, 2.24) is 4.98 Å². The molecule has 0 fully saturated rings. The minimum atomic E-state index is -0.931. The van der Waals surface area contributed by atoms with E-state index < -0.39 is 12.0 Å². The molecule has 0 radical (unpaired) electrons. The van der Waals surface area contributed by atoms with Gasteiger partial charge in [0.15, 0.2) is 0 Å². The third kappa shape index (κ3) is 12.0. The molecule has 0 saturated carbocycles. The van der Waals surface area contributed by atoms with Gasteiger partial charge in [0.1, 0.15) is 6.04 Å². The molecule has 158 valence electrons. The number of aromatic nitrogens is 1. The van der Waals surface area contributed by atoms with Crippen LogP contribution in [0.15, 0.2) is 12.1 Å². The number of primary amides is 1. The number of unbranched alkanes of at least 4 members (excludes halogenated alkanes) is 1. The molecule has 0 saturated heterocycles. The molecular weight excluding hydrogens is 496 g/mol. The van der Waals surface area contributed by atoms with Crippen LogP contribution in [0.1, 0.15) is 50.9 Å². The average Bonchev–Trinajstić information content (AvgIpc) is 2.64. The summed E-state index contributed by atoms with van der Waals surface area (Å²) in [6.45, 7) is 3.55. The normalized spacial score (nSPS) is 11.4.